The fourth-order valence-corrected chi connectivity index (χ4v) is 1.99. The van der Waals surface area contributed by atoms with Gasteiger partial charge in [0.1, 0.15) is 6.04 Å². The molecule has 0 aromatic heterocycles. The van der Waals surface area contributed by atoms with Crippen LogP contribution in [0.25, 0.3) is 0 Å². The molecule has 0 N–H and O–H groups in total. The van der Waals surface area contributed by atoms with Gasteiger partial charge in [0.15, 0.2) is 0 Å². The van der Waals surface area contributed by atoms with Gasteiger partial charge in [0, 0.05) is 6.92 Å². The van der Waals surface area contributed by atoms with Gasteiger partial charge in [0.2, 0.25) is 5.91 Å². The van der Waals surface area contributed by atoms with Gasteiger partial charge in [-0.25, -0.2) is 4.79 Å². The van der Waals surface area contributed by atoms with Crippen molar-refractivity contribution < 1.29 is 14.3 Å². The van der Waals surface area contributed by atoms with Crippen LogP contribution in [-0.4, -0.2) is 35.5 Å². The van der Waals surface area contributed by atoms with E-state index in [1.54, 1.807) is 17.9 Å². The molecule has 15 heavy (non-hydrogen) atoms. The first-order valence-electron chi connectivity index (χ1n) is 5.19. The predicted octanol–water partition coefficient (Wildman–Crippen LogP) is 1.11. The molecule has 1 aliphatic rings. The minimum absolute atomic E-state index is 0.0306. The van der Waals surface area contributed by atoms with Crippen LogP contribution in [0.5, 0.6) is 0 Å². The van der Waals surface area contributed by atoms with Crippen LogP contribution in [-0.2, 0) is 14.3 Å². The van der Waals surface area contributed by atoms with Crippen molar-refractivity contribution in [1.82, 2.24) is 4.90 Å². The van der Waals surface area contributed by atoms with Crippen LogP contribution in [0.3, 0.4) is 0 Å². The molecule has 1 fully saturated rings. The van der Waals surface area contributed by atoms with Gasteiger partial charge in [-0.3, -0.25) is 4.79 Å². The molecule has 1 heterocycles. The first kappa shape index (κ1) is 11.8. The summed E-state index contributed by atoms with van der Waals surface area (Å²) in [6.07, 6.45) is 3.16. The second-order valence-corrected chi connectivity index (χ2v) is 3.57. The Hall–Kier alpha value is -1.32. The third-order valence-corrected chi connectivity index (χ3v) is 2.62. The van der Waals surface area contributed by atoms with E-state index >= 15 is 0 Å². The molecule has 4 heteroatoms. The minimum Gasteiger partial charge on any atom is -0.464 e. The lowest BCUT2D eigenvalue weighted by atomic mass is 10.2. The molecular weight excluding hydrogens is 194 g/mol. The maximum Gasteiger partial charge on any atom is 0.328 e. The summed E-state index contributed by atoms with van der Waals surface area (Å²) >= 11 is 0. The van der Waals surface area contributed by atoms with Gasteiger partial charge in [-0.2, -0.15) is 0 Å². The van der Waals surface area contributed by atoms with Crippen molar-refractivity contribution in [3.8, 4) is 0 Å². The zero-order valence-corrected chi connectivity index (χ0v) is 9.23. The molecule has 0 unspecified atom stereocenters. The molecule has 1 amide bonds. The van der Waals surface area contributed by atoms with Crippen molar-refractivity contribution >= 4 is 11.9 Å². The lowest BCUT2D eigenvalue weighted by Crippen LogP contribution is -2.43. The molecule has 1 rings (SSSR count). The highest BCUT2D eigenvalue weighted by Gasteiger charge is 2.38. The number of carbonyl (C=O) groups is 2. The third-order valence-electron chi connectivity index (χ3n) is 2.62. The molecule has 1 aliphatic heterocycles. The summed E-state index contributed by atoms with van der Waals surface area (Å²) in [6.45, 7) is 7.24. The van der Waals surface area contributed by atoms with Crippen LogP contribution in [0.1, 0.15) is 26.7 Å². The molecule has 0 bridgehead atoms. The molecule has 0 radical (unpaired) electrons. The van der Waals surface area contributed by atoms with E-state index in [0.717, 1.165) is 6.42 Å². The number of likely N-dealkylation sites (tertiary alicyclic amines) is 1. The number of nitrogens with zero attached hydrogens (tertiary/aromatic N) is 1. The SMILES string of the molecule is C=C[C@H]1CC[C@@H](C(=O)OCC)N1C(C)=O. The summed E-state index contributed by atoms with van der Waals surface area (Å²) in [5.74, 6) is -0.410. The maximum atomic E-state index is 11.6. The van der Waals surface area contributed by atoms with E-state index in [2.05, 4.69) is 6.58 Å². The third kappa shape index (κ3) is 2.37. The first-order valence-corrected chi connectivity index (χ1v) is 5.19. The standard InChI is InChI=1S/C11H17NO3/c1-4-9-6-7-10(11(14)15-5-2)12(9)8(3)13/h4,9-10H,1,5-7H2,2-3H3/t9-,10-/m0/s1. The highest BCUT2D eigenvalue weighted by Crippen LogP contribution is 2.25. The van der Waals surface area contributed by atoms with Crippen molar-refractivity contribution in [3.05, 3.63) is 12.7 Å². The number of rotatable bonds is 3. The van der Waals surface area contributed by atoms with E-state index < -0.39 is 6.04 Å². The Balaban J connectivity index is 2.77. The average molecular weight is 211 g/mol. The van der Waals surface area contributed by atoms with Gasteiger partial charge in [-0.15, -0.1) is 6.58 Å². The van der Waals surface area contributed by atoms with Crippen molar-refractivity contribution in [2.24, 2.45) is 0 Å². The molecule has 0 saturated carbocycles. The fourth-order valence-electron chi connectivity index (χ4n) is 1.99. The Labute approximate surface area is 89.9 Å². The number of carbonyl (C=O) groups excluding carboxylic acids is 2. The average Bonchev–Trinajstić information content (AvgIpc) is 2.61. The summed E-state index contributed by atoms with van der Waals surface area (Å²) in [5, 5.41) is 0. The maximum absolute atomic E-state index is 11.6. The second kappa shape index (κ2) is 4.96. The highest BCUT2D eigenvalue weighted by atomic mass is 16.5. The van der Waals surface area contributed by atoms with Gasteiger partial charge in [0.25, 0.3) is 0 Å². The summed E-state index contributed by atoms with van der Waals surface area (Å²) in [7, 11) is 0. The number of amides is 1. The van der Waals surface area contributed by atoms with Gasteiger partial charge in [-0.05, 0) is 19.8 Å². The van der Waals surface area contributed by atoms with Gasteiger partial charge >= 0.3 is 5.97 Å². The van der Waals surface area contributed by atoms with Crippen molar-refractivity contribution in [2.45, 2.75) is 38.8 Å². The summed E-state index contributed by atoms with van der Waals surface area (Å²) in [6, 6.07) is -0.456. The van der Waals surface area contributed by atoms with Crippen molar-refractivity contribution in [2.75, 3.05) is 6.61 Å². The topological polar surface area (TPSA) is 46.6 Å². The predicted molar refractivity (Wildman–Crippen MR) is 56.2 cm³/mol. The minimum atomic E-state index is -0.426. The number of hydrogen-bond acceptors (Lipinski definition) is 3. The molecule has 2 atom stereocenters. The monoisotopic (exact) mass is 211 g/mol. The Kier molecular flexibility index (Phi) is 3.88. The van der Waals surface area contributed by atoms with E-state index in [4.69, 9.17) is 4.74 Å². The lowest BCUT2D eigenvalue weighted by molar-refractivity contribution is -0.153. The van der Waals surface area contributed by atoms with E-state index in [9.17, 15) is 9.59 Å². The van der Waals surface area contributed by atoms with Gasteiger partial charge in [0.05, 0.1) is 12.6 Å². The zero-order valence-electron chi connectivity index (χ0n) is 9.23. The van der Waals surface area contributed by atoms with E-state index in [1.807, 2.05) is 0 Å². The quantitative estimate of drug-likeness (QED) is 0.519. The Bertz CT molecular complexity index is 275. The van der Waals surface area contributed by atoms with Crippen LogP contribution < -0.4 is 0 Å². The molecule has 0 aliphatic carbocycles. The summed E-state index contributed by atoms with van der Waals surface area (Å²) < 4.78 is 4.93. The molecule has 1 saturated heterocycles. The first-order chi connectivity index (χ1) is 7.11. The van der Waals surface area contributed by atoms with Crippen molar-refractivity contribution in [1.29, 1.82) is 0 Å². The Morgan fingerprint density at radius 2 is 2.20 bits per heavy atom. The van der Waals surface area contributed by atoms with Crippen LogP contribution in [0.2, 0.25) is 0 Å². The second-order valence-electron chi connectivity index (χ2n) is 3.57. The molecule has 84 valence electrons. The van der Waals surface area contributed by atoms with Crippen LogP contribution in [0.4, 0.5) is 0 Å². The molecule has 4 nitrogen and oxygen atoms in total. The summed E-state index contributed by atoms with van der Waals surface area (Å²) in [5.41, 5.74) is 0. The Morgan fingerprint density at radius 3 is 2.67 bits per heavy atom. The molecule has 0 aromatic carbocycles. The van der Waals surface area contributed by atoms with E-state index in [-0.39, 0.29) is 17.9 Å². The largest absolute Gasteiger partial charge is 0.464 e. The van der Waals surface area contributed by atoms with E-state index in [0.29, 0.717) is 13.0 Å². The molecule has 0 spiro atoms. The highest BCUT2D eigenvalue weighted by molar-refractivity contribution is 5.84. The molecule has 0 aromatic rings. The van der Waals surface area contributed by atoms with Crippen LogP contribution >= 0.6 is 0 Å². The zero-order chi connectivity index (χ0) is 11.4. The van der Waals surface area contributed by atoms with Crippen molar-refractivity contribution in [3.63, 3.8) is 0 Å². The number of esters is 1. The normalized spacial score (nSPS) is 25.1. The number of hydrogen-bond donors (Lipinski definition) is 0. The molecular formula is C11H17NO3. The number of ether oxygens (including phenoxy) is 1. The lowest BCUT2D eigenvalue weighted by Gasteiger charge is -2.25. The Morgan fingerprint density at radius 1 is 1.53 bits per heavy atom. The van der Waals surface area contributed by atoms with Crippen LogP contribution in [0.15, 0.2) is 12.7 Å². The smallest absolute Gasteiger partial charge is 0.328 e. The van der Waals surface area contributed by atoms with Crippen LogP contribution in [0, 0.1) is 0 Å². The van der Waals surface area contributed by atoms with Gasteiger partial charge in [-0.1, -0.05) is 6.08 Å². The summed E-state index contributed by atoms with van der Waals surface area (Å²) in [4.78, 5) is 24.5. The van der Waals surface area contributed by atoms with Gasteiger partial charge < -0.3 is 9.64 Å². The fraction of sp³-hybridized carbons (Fsp3) is 0.636. The van der Waals surface area contributed by atoms with E-state index in [1.165, 1.54) is 6.92 Å².